The first kappa shape index (κ1) is 11.5. The lowest BCUT2D eigenvalue weighted by Crippen LogP contribution is -2.36. The van der Waals surface area contributed by atoms with E-state index in [0.29, 0.717) is 5.75 Å². The van der Waals surface area contributed by atoms with Crippen LogP contribution in [0.5, 0.6) is 5.75 Å². The molecule has 82 valence electrons. The number of nitrogens with two attached hydrogens (primary N) is 1. The van der Waals surface area contributed by atoms with Crippen molar-refractivity contribution in [1.29, 1.82) is 0 Å². The molecule has 4 heteroatoms. The van der Waals surface area contributed by atoms with Crippen LogP contribution in [-0.4, -0.2) is 23.7 Å². The molecule has 1 aromatic rings. The number of aryl methyl sites for hydroxylation is 1. The third kappa shape index (κ3) is 3.25. The number of hydrogen-bond acceptors (Lipinski definition) is 3. The van der Waals surface area contributed by atoms with Crippen LogP contribution in [0.2, 0.25) is 0 Å². The number of carboxylic acids is 1. The summed E-state index contributed by atoms with van der Waals surface area (Å²) >= 11 is 0. The van der Waals surface area contributed by atoms with Gasteiger partial charge in [-0.15, -0.1) is 0 Å². The molecule has 0 fully saturated rings. The third-order valence-electron chi connectivity index (χ3n) is 2.09. The van der Waals surface area contributed by atoms with Crippen molar-refractivity contribution in [3.8, 4) is 5.75 Å². The van der Waals surface area contributed by atoms with Gasteiger partial charge >= 0.3 is 5.97 Å². The highest BCUT2D eigenvalue weighted by atomic mass is 16.5. The number of benzene rings is 1. The zero-order valence-corrected chi connectivity index (χ0v) is 8.64. The van der Waals surface area contributed by atoms with Crippen molar-refractivity contribution < 1.29 is 14.6 Å². The molecule has 0 aromatic heterocycles. The summed E-state index contributed by atoms with van der Waals surface area (Å²) < 4.78 is 5.35. The number of carboxylic acid groups (broad SMARTS) is 1. The average molecular weight is 209 g/mol. The summed E-state index contributed by atoms with van der Waals surface area (Å²) in [4.78, 5) is 10.5. The van der Waals surface area contributed by atoms with Crippen LogP contribution in [0.4, 0.5) is 0 Å². The van der Waals surface area contributed by atoms with Crippen molar-refractivity contribution in [1.82, 2.24) is 0 Å². The molecule has 3 N–H and O–H groups in total. The van der Waals surface area contributed by atoms with Gasteiger partial charge in [0.05, 0.1) is 0 Å². The summed E-state index contributed by atoms with van der Waals surface area (Å²) in [5.74, 6) is -0.347. The van der Waals surface area contributed by atoms with E-state index in [0.717, 1.165) is 12.0 Å². The Labute approximate surface area is 88.7 Å². The molecule has 0 saturated carbocycles. The van der Waals surface area contributed by atoms with Crippen molar-refractivity contribution in [2.24, 2.45) is 5.73 Å². The fraction of sp³-hybridized carbons (Fsp3) is 0.364. The van der Waals surface area contributed by atoms with Gasteiger partial charge in [0.2, 0.25) is 0 Å². The van der Waals surface area contributed by atoms with Crippen molar-refractivity contribution >= 4 is 5.97 Å². The van der Waals surface area contributed by atoms with Gasteiger partial charge in [0.25, 0.3) is 0 Å². The van der Waals surface area contributed by atoms with E-state index in [1.165, 1.54) is 0 Å². The molecule has 0 aliphatic rings. The maximum atomic E-state index is 10.5. The lowest BCUT2D eigenvalue weighted by atomic mass is 10.1. The van der Waals surface area contributed by atoms with E-state index in [9.17, 15) is 4.79 Å². The molecule has 0 bridgehead atoms. The molecule has 0 spiro atoms. The average Bonchev–Trinajstić information content (AvgIpc) is 2.26. The monoisotopic (exact) mass is 209 g/mol. The van der Waals surface area contributed by atoms with Gasteiger partial charge < -0.3 is 15.6 Å². The molecule has 4 nitrogen and oxygen atoms in total. The molecule has 1 aromatic carbocycles. The van der Waals surface area contributed by atoms with Crippen LogP contribution in [0.3, 0.4) is 0 Å². The molecular formula is C11H15NO3. The van der Waals surface area contributed by atoms with E-state index < -0.39 is 12.0 Å². The summed E-state index contributed by atoms with van der Waals surface area (Å²) in [6.45, 7) is 2.01. The summed E-state index contributed by atoms with van der Waals surface area (Å²) in [6.07, 6.45) is 0.846. The van der Waals surface area contributed by atoms with E-state index in [1.54, 1.807) is 0 Å². The minimum absolute atomic E-state index is 0.00759. The largest absolute Gasteiger partial charge is 0.491 e. The van der Waals surface area contributed by atoms with E-state index >= 15 is 0 Å². The van der Waals surface area contributed by atoms with E-state index in [4.69, 9.17) is 15.6 Å². The quantitative estimate of drug-likeness (QED) is 0.760. The predicted octanol–water partition coefficient (Wildman–Crippen LogP) is 1.04. The van der Waals surface area contributed by atoms with E-state index in [1.807, 2.05) is 31.2 Å². The number of para-hydroxylation sites is 1. The van der Waals surface area contributed by atoms with Crippen LogP contribution in [0.1, 0.15) is 12.5 Å². The first-order chi connectivity index (χ1) is 7.15. The first-order valence-corrected chi connectivity index (χ1v) is 4.84. The maximum Gasteiger partial charge on any atom is 0.324 e. The molecule has 1 unspecified atom stereocenters. The minimum atomic E-state index is -1.05. The molecule has 0 heterocycles. The molecule has 0 aliphatic carbocycles. The number of carbonyl (C=O) groups is 1. The van der Waals surface area contributed by atoms with E-state index in [-0.39, 0.29) is 6.61 Å². The smallest absolute Gasteiger partial charge is 0.324 e. The number of rotatable bonds is 5. The highest BCUT2D eigenvalue weighted by Crippen LogP contribution is 2.18. The number of ether oxygens (including phenoxy) is 1. The molecule has 15 heavy (non-hydrogen) atoms. The van der Waals surface area contributed by atoms with Gasteiger partial charge in [-0.3, -0.25) is 4.79 Å². The maximum absolute atomic E-state index is 10.5. The zero-order chi connectivity index (χ0) is 11.3. The van der Waals surface area contributed by atoms with Crippen LogP contribution < -0.4 is 10.5 Å². The van der Waals surface area contributed by atoms with Crippen LogP contribution in [0, 0.1) is 0 Å². The minimum Gasteiger partial charge on any atom is -0.491 e. The van der Waals surface area contributed by atoms with Crippen LogP contribution in [0.15, 0.2) is 24.3 Å². The Morgan fingerprint density at radius 3 is 2.80 bits per heavy atom. The molecular weight excluding hydrogens is 194 g/mol. The van der Waals surface area contributed by atoms with Gasteiger partial charge in [0.15, 0.2) is 0 Å². The van der Waals surface area contributed by atoms with Crippen molar-refractivity contribution in [2.75, 3.05) is 6.61 Å². The summed E-state index contributed by atoms with van der Waals surface area (Å²) in [7, 11) is 0. The highest BCUT2D eigenvalue weighted by Gasteiger charge is 2.12. The standard InChI is InChI=1S/C11H15NO3/c1-2-8-5-3-4-6-10(8)15-7-9(12)11(13)14/h3-6,9H,2,7,12H2,1H3,(H,13,14). The van der Waals surface area contributed by atoms with Gasteiger partial charge in [0, 0.05) is 0 Å². The van der Waals surface area contributed by atoms with Gasteiger partial charge in [-0.2, -0.15) is 0 Å². The molecule has 0 amide bonds. The van der Waals surface area contributed by atoms with Gasteiger partial charge in [-0.25, -0.2) is 0 Å². The summed E-state index contributed by atoms with van der Waals surface area (Å²) in [5, 5.41) is 8.58. The van der Waals surface area contributed by atoms with Crippen molar-refractivity contribution in [2.45, 2.75) is 19.4 Å². The Hall–Kier alpha value is -1.55. The normalized spacial score (nSPS) is 12.1. The number of aliphatic carboxylic acids is 1. The topological polar surface area (TPSA) is 72.5 Å². The second-order valence-electron chi connectivity index (χ2n) is 3.22. The second kappa shape index (κ2) is 5.36. The fourth-order valence-corrected chi connectivity index (χ4v) is 1.19. The molecule has 0 saturated heterocycles. The summed E-state index contributed by atoms with van der Waals surface area (Å²) in [5.41, 5.74) is 6.38. The Balaban J connectivity index is 2.60. The Kier molecular flexibility index (Phi) is 4.12. The SMILES string of the molecule is CCc1ccccc1OCC(N)C(=O)O. The second-order valence-corrected chi connectivity index (χ2v) is 3.22. The zero-order valence-electron chi connectivity index (χ0n) is 8.64. The van der Waals surface area contributed by atoms with Gasteiger partial charge in [-0.05, 0) is 18.1 Å². The number of hydrogen-bond donors (Lipinski definition) is 2. The van der Waals surface area contributed by atoms with Crippen molar-refractivity contribution in [3.63, 3.8) is 0 Å². The Bertz CT molecular complexity index is 338. The first-order valence-electron chi connectivity index (χ1n) is 4.84. The molecule has 0 radical (unpaired) electrons. The van der Waals surface area contributed by atoms with Crippen molar-refractivity contribution in [3.05, 3.63) is 29.8 Å². The Morgan fingerprint density at radius 1 is 1.53 bits per heavy atom. The van der Waals surface area contributed by atoms with E-state index in [2.05, 4.69) is 0 Å². The summed E-state index contributed by atoms with van der Waals surface area (Å²) in [6, 6.07) is 6.55. The highest BCUT2D eigenvalue weighted by molar-refractivity contribution is 5.73. The van der Waals surface area contributed by atoms with Crippen LogP contribution >= 0.6 is 0 Å². The van der Waals surface area contributed by atoms with Gasteiger partial charge in [0.1, 0.15) is 18.4 Å². The van der Waals surface area contributed by atoms with Crippen LogP contribution in [0.25, 0.3) is 0 Å². The third-order valence-corrected chi connectivity index (χ3v) is 2.09. The Morgan fingerprint density at radius 2 is 2.20 bits per heavy atom. The molecule has 1 rings (SSSR count). The predicted molar refractivity (Wildman–Crippen MR) is 56.9 cm³/mol. The fourth-order valence-electron chi connectivity index (χ4n) is 1.19. The molecule has 1 atom stereocenters. The molecule has 0 aliphatic heterocycles. The van der Waals surface area contributed by atoms with Gasteiger partial charge in [-0.1, -0.05) is 25.1 Å². The van der Waals surface area contributed by atoms with Crippen LogP contribution in [-0.2, 0) is 11.2 Å². The lowest BCUT2D eigenvalue weighted by Gasteiger charge is -2.12. The lowest BCUT2D eigenvalue weighted by molar-refractivity contribution is -0.139.